The van der Waals surface area contributed by atoms with Crippen molar-refractivity contribution in [2.75, 3.05) is 51.1 Å². The van der Waals surface area contributed by atoms with Crippen molar-refractivity contribution in [1.82, 2.24) is 4.90 Å². The molecule has 0 spiro atoms. The number of carbonyl (C=O) groups is 5. The van der Waals surface area contributed by atoms with Gasteiger partial charge in [-0.05, 0) is 57.8 Å². The lowest BCUT2D eigenvalue weighted by atomic mass is 9.42. The predicted molar refractivity (Wildman–Crippen MR) is 152 cm³/mol. The highest BCUT2D eigenvalue weighted by atomic mass is 16.3. The fourth-order valence-electron chi connectivity index (χ4n) is 8.02. The Balaban J connectivity index is 1.76. The summed E-state index contributed by atoms with van der Waals surface area (Å²) >= 11 is 0. The molecular formula is C29H37N7O6. The highest BCUT2D eigenvalue weighted by Gasteiger charge is 2.78. The van der Waals surface area contributed by atoms with Crippen molar-refractivity contribution >= 4 is 40.4 Å². The third kappa shape index (κ3) is 3.61. The van der Waals surface area contributed by atoms with E-state index in [1.54, 1.807) is 31.1 Å². The number of nitrogens with zero attached hydrogens (tertiary/aromatic N) is 4. The average Bonchev–Trinajstić information content (AvgIpc) is 2.88. The van der Waals surface area contributed by atoms with Gasteiger partial charge in [0.1, 0.15) is 11.7 Å². The normalized spacial score (nSPS) is 34.4. The molecule has 2 saturated carbocycles. The van der Waals surface area contributed by atoms with Crippen LogP contribution in [0.1, 0.15) is 41.6 Å². The van der Waals surface area contributed by atoms with Crippen molar-refractivity contribution in [1.29, 1.82) is 5.26 Å². The number of phenolic OH excluding ortho intramolecular Hbond substituents is 1. The van der Waals surface area contributed by atoms with Crippen LogP contribution >= 0.6 is 0 Å². The van der Waals surface area contributed by atoms with Crippen LogP contribution in [0.15, 0.2) is 6.07 Å². The second-order valence-corrected chi connectivity index (χ2v) is 12.7. The van der Waals surface area contributed by atoms with Crippen LogP contribution in [0.25, 0.3) is 0 Å². The van der Waals surface area contributed by atoms with Crippen LogP contribution in [0.4, 0.5) is 11.4 Å². The molecule has 1 aromatic rings. The van der Waals surface area contributed by atoms with Gasteiger partial charge in [-0.25, -0.2) is 0 Å². The van der Waals surface area contributed by atoms with Gasteiger partial charge < -0.3 is 32.1 Å². The second kappa shape index (κ2) is 9.58. The molecule has 7 N–H and O–H groups in total. The topological polar surface area (TPSA) is 217 Å². The van der Waals surface area contributed by atoms with E-state index < -0.39 is 69.8 Å². The van der Waals surface area contributed by atoms with Crippen molar-refractivity contribution in [3.8, 4) is 11.8 Å². The number of phenols is 1. The zero-order valence-electron chi connectivity index (χ0n) is 24.3. The van der Waals surface area contributed by atoms with Crippen LogP contribution in [0.3, 0.4) is 0 Å². The van der Waals surface area contributed by atoms with E-state index in [9.17, 15) is 34.3 Å². The summed E-state index contributed by atoms with van der Waals surface area (Å²) in [5.41, 5.74) is 14.0. The number of benzene rings is 1. The molecule has 13 heteroatoms. The molecule has 42 heavy (non-hydrogen) atoms. The summed E-state index contributed by atoms with van der Waals surface area (Å²) in [7, 11) is 6.51. The Bertz CT molecular complexity index is 1480. The summed E-state index contributed by atoms with van der Waals surface area (Å²) in [5.74, 6) is -9.73. The molecule has 0 bridgehead atoms. The Kier molecular flexibility index (Phi) is 6.76. The highest BCUT2D eigenvalue weighted by Crippen LogP contribution is 2.57. The number of primary amides is 1. The van der Waals surface area contributed by atoms with E-state index in [0.717, 1.165) is 19.3 Å². The molecule has 224 valence electrons. The Hall–Kier alpha value is -3.86. The standard InChI is InChI=1S/C29H37N7O6/c1-34(2)15-10-16(36-8-6-5-7-9-36)20(37)17-14(15)11-27(32)12-29(33)23(35(3)4)22(39)18(26(31)42)24(40)28(29,13-30)25(41)19(27)21(17)38/h10,18-19,23,37H,5-9,11-12,32-33H2,1-4H3,(H2,31,42)/t18?,19?,23-,27-,28+,29-/m1/s1. The first kappa shape index (κ1) is 29.6. The maximum Gasteiger partial charge on any atom is 0.235 e. The number of anilines is 2. The number of hydrogen-bond acceptors (Lipinski definition) is 12. The summed E-state index contributed by atoms with van der Waals surface area (Å²) in [6.45, 7) is 1.35. The summed E-state index contributed by atoms with van der Waals surface area (Å²) in [5, 5.41) is 22.1. The number of hydrogen-bond donors (Lipinski definition) is 4. The minimum atomic E-state index is -2.76. The van der Waals surface area contributed by atoms with Gasteiger partial charge in [0.15, 0.2) is 34.5 Å². The van der Waals surface area contributed by atoms with E-state index in [0.29, 0.717) is 30.0 Å². The molecule has 13 nitrogen and oxygen atoms in total. The molecule has 4 aliphatic rings. The van der Waals surface area contributed by atoms with Gasteiger partial charge >= 0.3 is 0 Å². The molecule has 2 unspecified atom stereocenters. The molecule has 1 heterocycles. The maximum atomic E-state index is 14.5. The number of amides is 1. The van der Waals surface area contributed by atoms with Gasteiger partial charge in [0.25, 0.3) is 0 Å². The molecule has 0 radical (unpaired) electrons. The zero-order valence-corrected chi connectivity index (χ0v) is 24.3. The number of nitriles is 1. The summed E-state index contributed by atoms with van der Waals surface area (Å²) in [6, 6.07) is 2.09. The monoisotopic (exact) mass is 579 g/mol. The molecule has 1 amide bonds. The minimum Gasteiger partial charge on any atom is -0.505 e. The lowest BCUT2D eigenvalue weighted by Gasteiger charge is -2.60. The van der Waals surface area contributed by atoms with Gasteiger partial charge in [0.2, 0.25) is 5.91 Å². The molecule has 5 rings (SSSR count). The summed E-state index contributed by atoms with van der Waals surface area (Å²) in [6.07, 6.45) is 2.32. The largest absolute Gasteiger partial charge is 0.505 e. The lowest BCUT2D eigenvalue weighted by molar-refractivity contribution is -0.166. The van der Waals surface area contributed by atoms with E-state index in [4.69, 9.17) is 17.2 Å². The van der Waals surface area contributed by atoms with Gasteiger partial charge in [0, 0.05) is 38.4 Å². The Morgan fingerprint density at radius 1 is 1.07 bits per heavy atom. The van der Waals surface area contributed by atoms with Crippen molar-refractivity contribution < 1.29 is 29.1 Å². The van der Waals surface area contributed by atoms with E-state index in [1.165, 1.54) is 19.0 Å². The summed E-state index contributed by atoms with van der Waals surface area (Å²) < 4.78 is 0. The first-order chi connectivity index (χ1) is 19.6. The number of Topliss-reactive ketones (excluding diaryl/α,β-unsaturated/α-hetero) is 4. The minimum absolute atomic E-state index is 0.0891. The van der Waals surface area contributed by atoms with Crippen molar-refractivity contribution in [3.63, 3.8) is 0 Å². The number of piperidine rings is 1. The van der Waals surface area contributed by atoms with Crippen LogP contribution in [-0.4, -0.2) is 97.4 Å². The van der Waals surface area contributed by atoms with Crippen molar-refractivity contribution in [3.05, 3.63) is 17.2 Å². The van der Waals surface area contributed by atoms with Gasteiger partial charge in [-0.15, -0.1) is 0 Å². The van der Waals surface area contributed by atoms with Gasteiger partial charge in [0.05, 0.1) is 28.9 Å². The van der Waals surface area contributed by atoms with Crippen LogP contribution in [0.5, 0.6) is 5.75 Å². The van der Waals surface area contributed by atoms with E-state index in [-0.39, 0.29) is 17.7 Å². The molecule has 6 atom stereocenters. The third-order valence-corrected chi connectivity index (χ3v) is 9.73. The number of nitrogens with two attached hydrogens (primary N) is 3. The van der Waals surface area contributed by atoms with Gasteiger partial charge in [-0.3, -0.25) is 28.9 Å². The number of rotatable bonds is 4. The average molecular weight is 580 g/mol. The predicted octanol–water partition coefficient (Wildman–Crippen LogP) is -1.14. The fraction of sp³-hybridized carbons (Fsp3) is 0.586. The van der Waals surface area contributed by atoms with Gasteiger partial charge in [-0.2, -0.15) is 5.26 Å². The molecule has 1 aliphatic heterocycles. The number of aromatic hydroxyl groups is 1. The Labute approximate surface area is 243 Å². The van der Waals surface area contributed by atoms with Crippen molar-refractivity contribution in [2.24, 2.45) is 34.5 Å². The summed E-state index contributed by atoms with van der Waals surface area (Å²) in [4.78, 5) is 73.8. The number of fused-ring (bicyclic) bond motifs is 3. The van der Waals surface area contributed by atoms with Crippen LogP contribution < -0.4 is 27.0 Å². The second-order valence-electron chi connectivity index (χ2n) is 12.7. The van der Waals surface area contributed by atoms with Gasteiger partial charge in [-0.1, -0.05) is 0 Å². The number of likely N-dealkylation sites (N-methyl/N-ethyl adjacent to an activating group) is 1. The Morgan fingerprint density at radius 2 is 1.69 bits per heavy atom. The van der Waals surface area contributed by atoms with Crippen molar-refractivity contribution in [2.45, 2.75) is 49.2 Å². The van der Waals surface area contributed by atoms with Crippen LogP contribution in [-0.2, 0) is 25.6 Å². The van der Waals surface area contributed by atoms with E-state index in [1.807, 2.05) is 4.90 Å². The highest BCUT2D eigenvalue weighted by molar-refractivity contribution is 6.33. The SMILES string of the molecule is CN(C)c1cc(N2CCCCC2)c(O)c2c1C[C@@]1(N)C[C@@]3(N)[C@H](N(C)C)C(=O)C(C(N)=O)C(=O)[C@@]3(C#N)C(=O)C1C2=O. The lowest BCUT2D eigenvalue weighted by Crippen LogP contribution is -2.85. The fourth-order valence-corrected chi connectivity index (χ4v) is 8.02. The first-order valence-electron chi connectivity index (χ1n) is 14.0. The van der Waals surface area contributed by atoms with E-state index >= 15 is 0 Å². The van der Waals surface area contributed by atoms with E-state index in [2.05, 4.69) is 0 Å². The quantitative estimate of drug-likeness (QED) is 0.311. The molecular weight excluding hydrogens is 542 g/mol. The molecule has 3 aliphatic carbocycles. The maximum absolute atomic E-state index is 14.5. The molecule has 1 saturated heterocycles. The van der Waals surface area contributed by atoms with Crippen LogP contribution in [0.2, 0.25) is 0 Å². The smallest absolute Gasteiger partial charge is 0.235 e. The number of carbonyl (C=O) groups excluding carboxylic acids is 5. The molecule has 0 aromatic heterocycles. The molecule has 3 fully saturated rings. The molecule has 1 aromatic carbocycles. The van der Waals surface area contributed by atoms with Crippen LogP contribution in [0, 0.1) is 28.6 Å². The first-order valence-corrected chi connectivity index (χ1v) is 14.0. The third-order valence-electron chi connectivity index (χ3n) is 9.73. The Morgan fingerprint density at radius 3 is 2.21 bits per heavy atom. The number of ketones is 4. The zero-order chi connectivity index (χ0) is 31.1.